The zero-order valence-corrected chi connectivity index (χ0v) is 17.0. The molecule has 1 aliphatic carbocycles. The van der Waals surface area contributed by atoms with E-state index in [0.717, 1.165) is 53.4 Å². The monoisotopic (exact) mass is 419 g/mol. The summed E-state index contributed by atoms with van der Waals surface area (Å²) in [4.78, 5) is 24.6. The van der Waals surface area contributed by atoms with Crippen LogP contribution in [0.5, 0.6) is 0 Å². The van der Waals surface area contributed by atoms with Gasteiger partial charge in [0.15, 0.2) is 6.10 Å². The van der Waals surface area contributed by atoms with Crippen molar-refractivity contribution in [3.05, 3.63) is 65.0 Å². The molecule has 0 heterocycles. The normalized spacial score (nSPS) is 14.5. The molecule has 154 valence electrons. The summed E-state index contributed by atoms with van der Waals surface area (Å²) in [6, 6.07) is 9.76. The summed E-state index contributed by atoms with van der Waals surface area (Å²) in [5.41, 5.74) is 2.84. The third-order valence-corrected chi connectivity index (χ3v) is 6.75. The summed E-state index contributed by atoms with van der Waals surface area (Å²) >= 11 is 0. The highest BCUT2D eigenvalue weighted by Gasteiger charge is 2.26. The first kappa shape index (κ1) is 21.1. The van der Waals surface area contributed by atoms with Crippen molar-refractivity contribution in [2.24, 2.45) is 0 Å². The minimum atomic E-state index is -3.98. The minimum absolute atomic E-state index is 0.142. The number of rotatable bonds is 7. The van der Waals surface area contributed by atoms with Crippen molar-refractivity contribution in [2.75, 3.05) is 13.6 Å². The molecule has 6 nitrogen and oxygen atoms in total. The van der Waals surface area contributed by atoms with Gasteiger partial charge in [-0.25, -0.2) is 12.8 Å². The molecule has 0 radical (unpaired) electrons. The smallest absolute Gasteiger partial charge is 0.322 e. The topological polar surface area (TPSA) is 80.8 Å². The quantitative estimate of drug-likeness (QED) is 0.509. The van der Waals surface area contributed by atoms with Crippen LogP contribution in [-0.4, -0.2) is 44.2 Å². The highest BCUT2D eigenvalue weighted by molar-refractivity contribution is 7.89. The molecule has 0 spiro atoms. The molecule has 0 amide bonds. The Morgan fingerprint density at radius 2 is 1.76 bits per heavy atom. The molecule has 0 aromatic heterocycles. The van der Waals surface area contributed by atoms with Gasteiger partial charge in [-0.2, -0.15) is 4.31 Å². The van der Waals surface area contributed by atoms with Crippen molar-refractivity contribution < 1.29 is 27.1 Å². The molecule has 8 heteroatoms. The molecule has 1 atom stereocenters. The van der Waals surface area contributed by atoms with Crippen molar-refractivity contribution in [2.45, 2.75) is 37.2 Å². The molecular formula is C21H22FNO5S. The first-order valence-electron chi connectivity index (χ1n) is 9.26. The van der Waals surface area contributed by atoms with E-state index in [4.69, 9.17) is 4.74 Å². The van der Waals surface area contributed by atoms with Gasteiger partial charge in [-0.05, 0) is 67.6 Å². The number of Topliss-reactive ketones (excluding diaryl/α,β-unsaturated/α-hetero) is 1. The van der Waals surface area contributed by atoms with Crippen molar-refractivity contribution >= 4 is 21.8 Å². The molecule has 2 aromatic rings. The Kier molecular flexibility index (Phi) is 6.14. The molecule has 3 rings (SSSR count). The number of carbonyl (C=O) groups excluding carboxylic acids is 2. The number of hydrogen-bond acceptors (Lipinski definition) is 5. The van der Waals surface area contributed by atoms with E-state index in [1.807, 2.05) is 12.1 Å². The van der Waals surface area contributed by atoms with E-state index in [9.17, 15) is 22.4 Å². The van der Waals surface area contributed by atoms with E-state index >= 15 is 0 Å². The van der Waals surface area contributed by atoms with Gasteiger partial charge in [-0.3, -0.25) is 9.59 Å². The van der Waals surface area contributed by atoms with Crippen LogP contribution in [0.4, 0.5) is 4.39 Å². The second kappa shape index (κ2) is 8.42. The SMILES string of the molecule is CC(OC(=O)CN(C)S(=O)(=O)c1ccc(F)cc1)C(=O)c1ccc2c(c1)CCC2. The number of nitrogens with zero attached hydrogens (tertiary/aromatic N) is 1. The molecular weight excluding hydrogens is 397 g/mol. The van der Waals surface area contributed by atoms with E-state index in [1.54, 1.807) is 6.07 Å². The van der Waals surface area contributed by atoms with Crippen LogP contribution in [0.3, 0.4) is 0 Å². The van der Waals surface area contributed by atoms with Crippen LogP contribution in [0.2, 0.25) is 0 Å². The highest BCUT2D eigenvalue weighted by atomic mass is 32.2. The Labute approximate surface area is 169 Å². The Bertz CT molecular complexity index is 1030. The summed E-state index contributed by atoms with van der Waals surface area (Å²) in [7, 11) is -2.77. The largest absolute Gasteiger partial charge is 0.453 e. The summed E-state index contributed by atoms with van der Waals surface area (Å²) in [6.45, 7) is 0.892. The van der Waals surface area contributed by atoms with E-state index in [1.165, 1.54) is 19.5 Å². The maximum absolute atomic E-state index is 13.0. The summed E-state index contributed by atoms with van der Waals surface area (Å²) in [6.07, 6.45) is 1.95. The molecule has 29 heavy (non-hydrogen) atoms. The Hall–Kier alpha value is -2.58. The third kappa shape index (κ3) is 4.71. The number of likely N-dealkylation sites (N-methyl/N-ethyl adjacent to an activating group) is 1. The number of sulfonamides is 1. The fourth-order valence-electron chi connectivity index (χ4n) is 3.30. The van der Waals surface area contributed by atoms with Crippen molar-refractivity contribution in [1.29, 1.82) is 0 Å². The molecule has 0 fully saturated rings. The lowest BCUT2D eigenvalue weighted by molar-refractivity contribution is -0.146. The summed E-state index contributed by atoms with van der Waals surface area (Å²) < 4.78 is 43.9. The predicted octanol–water partition coefficient (Wildman–Crippen LogP) is 2.75. The van der Waals surface area contributed by atoms with Crippen molar-refractivity contribution in [3.8, 4) is 0 Å². The highest BCUT2D eigenvalue weighted by Crippen LogP contribution is 2.23. The Balaban J connectivity index is 1.62. The second-order valence-corrected chi connectivity index (χ2v) is 9.09. The molecule has 0 saturated heterocycles. The van der Waals surface area contributed by atoms with E-state index in [2.05, 4.69) is 0 Å². The number of fused-ring (bicyclic) bond motifs is 1. The minimum Gasteiger partial charge on any atom is -0.453 e. The number of aryl methyl sites for hydroxylation is 2. The Morgan fingerprint density at radius 1 is 1.10 bits per heavy atom. The van der Waals surface area contributed by atoms with Gasteiger partial charge in [-0.1, -0.05) is 12.1 Å². The summed E-state index contributed by atoms with van der Waals surface area (Å²) in [5, 5.41) is 0. The number of ketones is 1. The first-order chi connectivity index (χ1) is 13.7. The summed E-state index contributed by atoms with van der Waals surface area (Å²) in [5.74, 6) is -1.75. The van der Waals surface area contributed by atoms with Crippen LogP contribution in [0.1, 0.15) is 34.8 Å². The van der Waals surface area contributed by atoms with Crippen LogP contribution in [0.25, 0.3) is 0 Å². The van der Waals surface area contributed by atoms with Gasteiger partial charge in [0.25, 0.3) is 0 Å². The Morgan fingerprint density at radius 3 is 2.45 bits per heavy atom. The lowest BCUT2D eigenvalue weighted by Crippen LogP contribution is -2.35. The molecule has 2 aromatic carbocycles. The van der Waals surface area contributed by atoms with Gasteiger partial charge in [0.05, 0.1) is 4.90 Å². The zero-order valence-electron chi connectivity index (χ0n) is 16.2. The van der Waals surface area contributed by atoms with E-state index in [-0.39, 0.29) is 10.7 Å². The van der Waals surface area contributed by atoms with Crippen LogP contribution < -0.4 is 0 Å². The molecule has 1 unspecified atom stereocenters. The van der Waals surface area contributed by atoms with Gasteiger partial charge in [0, 0.05) is 12.6 Å². The van der Waals surface area contributed by atoms with Gasteiger partial charge in [-0.15, -0.1) is 0 Å². The van der Waals surface area contributed by atoms with Gasteiger partial charge >= 0.3 is 5.97 Å². The van der Waals surface area contributed by atoms with E-state index < -0.39 is 34.5 Å². The van der Waals surface area contributed by atoms with Crippen LogP contribution in [-0.2, 0) is 32.4 Å². The van der Waals surface area contributed by atoms with Gasteiger partial charge < -0.3 is 4.74 Å². The molecule has 1 aliphatic rings. The zero-order chi connectivity index (χ0) is 21.2. The predicted molar refractivity (Wildman–Crippen MR) is 105 cm³/mol. The fraction of sp³-hybridized carbons (Fsp3) is 0.333. The van der Waals surface area contributed by atoms with Crippen LogP contribution in [0, 0.1) is 5.82 Å². The van der Waals surface area contributed by atoms with E-state index in [0.29, 0.717) is 5.56 Å². The average Bonchev–Trinajstić information content (AvgIpc) is 3.15. The lowest BCUT2D eigenvalue weighted by atomic mass is 10.0. The fourth-order valence-corrected chi connectivity index (χ4v) is 4.42. The maximum atomic E-state index is 13.0. The molecule has 0 bridgehead atoms. The number of carbonyl (C=O) groups is 2. The first-order valence-corrected chi connectivity index (χ1v) is 10.7. The third-order valence-electron chi connectivity index (χ3n) is 4.93. The number of benzene rings is 2. The van der Waals surface area contributed by atoms with Crippen molar-refractivity contribution in [3.63, 3.8) is 0 Å². The standard InChI is InChI=1S/C21H22FNO5S/c1-14(21(25)17-7-6-15-4-3-5-16(15)12-17)28-20(24)13-23(2)29(26,27)19-10-8-18(22)9-11-19/h6-12,14H,3-5,13H2,1-2H3. The number of esters is 1. The molecule has 0 aliphatic heterocycles. The number of hydrogen-bond donors (Lipinski definition) is 0. The maximum Gasteiger partial charge on any atom is 0.322 e. The molecule has 0 N–H and O–H groups in total. The van der Waals surface area contributed by atoms with Gasteiger partial charge in [0.1, 0.15) is 12.4 Å². The second-order valence-electron chi connectivity index (χ2n) is 7.05. The number of halogens is 1. The van der Waals surface area contributed by atoms with Crippen LogP contribution in [0.15, 0.2) is 47.4 Å². The van der Waals surface area contributed by atoms with Crippen molar-refractivity contribution in [1.82, 2.24) is 4.31 Å². The lowest BCUT2D eigenvalue weighted by Gasteiger charge is -2.18. The van der Waals surface area contributed by atoms with Gasteiger partial charge in [0.2, 0.25) is 15.8 Å². The van der Waals surface area contributed by atoms with Crippen LogP contribution >= 0.6 is 0 Å². The average molecular weight is 419 g/mol. The molecule has 0 saturated carbocycles. The number of ether oxygens (including phenoxy) is 1.